The second-order valence-electron chi connectivity index (χ2n) is 4.70. The van der Waals surface area contributed by atoms with Crippen LogP contribution in [-0.2, 0) is 11.3 Å². The Morgan fingerprint density at radius 3 is 2.85 bits per heavy atom. The first-order valence-electron chi connectivity index (χ1n) is 6.60. The van der Waals surface area contributed by atoms with Gasteiger partial charge in [-0.15, -0.1) is 0 Å². The summed E-state index contributed by atoms with van der Waals surface area (Å²) in [5, 5.41) is 9.41. The fraction of sp³-hybridized carbons (Fsp3) is 0.333. The number of aryl methyl sites for hydroxylation is 2. The van der Waals surface area contributed by atoms with E-state index in [9.17, 15) is 4.79 Å². The van der Waals surface area contributed by atoms with E-state index >= 15 is 0 Å². The van der Waals surface area contributed by atoms with Gasteiger partial charge in [-0.25, -0.2) is 0 Å². The van der Waals surface area contributed by atoms with Crippen LogP contribution in [-0.4, -0.2) is 22.7 Å². The summed E-state index contributed by atoms with van der Waals surface area (Å²) in [5.41, 5.74) is 3.30. The molecule has 1 amide bonds. The summed E-state index contributed by atoms with van der Waals surface area (Å²) in [6.07, 6.45) is 1.99. The molecule has 0 saturated heterocycles. The van der Waals surface area contributed by atoms with Crippen LogP contribution in [0, 0.1) is 13.8 Å². The number of H-pyrrole nitrogens is 1. The van der Waals surface area contributed by atoms with Crippen molar-refractivity contribution in [3.05, 3.63) is 47.3 Å². The summed E-state index contributed by atoms with van der Waals surface area (Å²) in [5.74, 6) is 0.762. The average molecular weight is 273 g/mol. The van der Waals surface area contributed by atoms with Gasteiger partial charge >= 0.3 is 0 Å². The molecule has 2 N–H and O–H groups in total. The summed E-state index contributed by atoms with van der Waals surface area (Å²) in [4.78, 5) is 11.6. The van der Waals surface area contributed by atoms with E-state index in [1.54, 1.807) is 6.20 Å². The van der Waals surface area contributed by atoms with E-state index in [1.165, 1.54) is 11.1 Å². The van der Waals surface area contributed by atoms with E-state index in [-0.39, 0.29) is 5.91 Å². The minimum Gasteiger partial charge on any atom is -0.493 e. The minimum atomic E-state index is -0.0385. The molecule has 5 nitrogen and oxygen atoms in total. The monoisotopic (exact) mass is 273 g/mol. The number of aromatic nitrogens is 2. The standard InChI is InChI=1S/C15H19N3O2/c1-11-3-4-14(9-12(11)2)20-8-6-15(19)16-10-13-5-7-17-18-13/h3-5,7,9H,6,8,10H2,1-2H3,(H,16,19)(H,17,18). The first kappa shape index (κ1) is 14.1. The number of nitrogens with zero attached hydrogens (tertiary/aromatic N) is 1. The topological polar surface area (TPSA) is 67.0 Å². The van der Waals surface area contributed by atoms with Crippen molar-refractivity contribution in [2.75, 3.05) is 6.61 Å². The highest BCUT2D eigenvalue weighted by molar-refractivity contribution is 5.75. The molecule has 0 radical (unpaired) electrons. The molecule has 0 unspecified atom stereocenters. The number of rotatable bonds is 6. The Hall–Kier alpha value is -2.30. The van der Waals surface area contributed by atoms with Crippen LogP contribution in [0.5, 0.6) is 5.75 Å². The highest BCUT2D eigenvalue weighted by atomic mass is 16.5. The molecular formula is C15H19N3O2. The lowest BCUT2D eigenvalue weighted by Crippen LogP contribution is -2.24. The number of ether oxygens (including phenoxy) is 1. The van der Waals surface area contributed by atoms with Gasteiger partial charge in [-0.2, -0.15) is 5.10 Å². The fourth-order valence-electron chi connectivity index (χ4n) is 1.73. The number of hydrogen-bond acceptors (Lipinski definition) is 3. The van der Waals surface area contributed by atoms with Crippen LogP contribution >= 0.6 is 0 Å². The van der Waals surface area contributed by atoms with E-state index < -0.39 is 0 Å². The number of carbonyl (C=O) groups excluding carboxylic acids is 1. The first-order valence-corrected chi connectivity index (χ1v) is 6.60. The molecule has 0 fully saturated rings. The largest absolute Gasteiger partial charge is 0.493 e. The highest BCUT2D eigenvalue weighted by Gasteiger charge is 2.03. The maximum Gasteiger partial charge on any atom is 0.223 e. The second kappa shape index (κ2) is 6.75. The van der Waals surface area contributed by atoms with Gasteiger partial charge in [0.1, 0.15) is 5.75 Å². The molecule has 2 aromatic rings. The number of amides is 1. The van der Waals surface area contributed by atoms with E-state index in [0.29, 0.717) is 19.6 Å². The third-order valence-corrected chi connectivity index (χ3v) is 3.11. The molecule has 0 atom stereocenters. The van der Waals surface area contributed by atoms with Crippen LogP contribution in [0.15, 0.2) is 30.5 Å². The van der Waals surface area contributed by atoms with Gasteiger partial charge < -0.3 is 10.1 Å². The summed E-state index contributed by atoms with van der Waals surface area (Å²) in [6, 6.07) is 7.75. The quantitative estimate of drug-likeness (QED) is 0.847. The summed E-state index contributed by atoms with van der Waals surface area (Å²) < 4.78 is 5.57. The molecule has 1 aromatic heterocycles. The summed E-state index contributed by atoms with van der Waals surface area (Å²) in [6.45, 7) is 4.93. The van der Waals surface area contributed by atoms with Crippen molar-refractivity contribution in [1.29, 1.82) is 0 Å². The summed E-state index contributed by atoms with van der Waals surface area (Å²) in [7, 11) is 0. The lowest BCUT2D eigenvalue weighted by Gasteiger charge is -2.08. The van der Waals surface area contributed by atoms with Crippen LogP contribution in [0.25, 0.3) is 0 Å². The molecule has 0 aliphatic heterocycles. The van der Waals surface area contributed by atoms with Crippen molar-refractivity contribution < 1.29 is 9.53 Å². The van der Waals surface area contributed by atoms with Gasteiger partial charge in [-0.3, -0.25) is 9.89 Å². The molecule has 1 aromatic carbocycles. The van der Waals surface area contributed by atoms with Gasteiger partial charge in [0.2, 0.25) is 5.91 Å². The number of aromatic amines is 1. The highest BCUT2D eigenvalue weighted by Crippen LogP contribution is 2.16. The minimum absolute atomic E-state index is 0.0385. The molecule has 0 bridgehead atoms. The second-order valence-corrected chi connectivity index (χ2v) is 4.70. The molecule has 0 saturated carbocycles. The Bertz CT molecular complexity index is 565. The molecule has 0 aliphatic carbocycles. The molecular weight excluding hydrogens is 254 g/mol. The predicted octanol–water partition coefficient (Wildman–Crippen LogP) is 2.11. The fourth-order valence-corrected chi connectivity index (χ4v) is 1.73. The van der Waals surface area contributed by atoms with Gasteiger partial charge in [0.25, 0.3) is 0 Å². The van der Waals surface area contributed by atoms with E-state index in [0.717, 1.165) is 11.4 Å². The van der Waals surface area contributed by atoms with Crippen molar-refractivity contribution in [2.24, 2.45) is 0 Å². The molecule has 20 heavy (non-hydrogen) atoms. The zero-order valence-electron chi connectivity index (χ0n) is 11.8. The maximum absolute atomic E-state index is 11.6. The van der Waals surface area contributed by atoms with Crippen LogP contribution in [0.2, 0.25) is 0 Å². The Morgan fingerprint density at radius 2 is 2.15 bits per heavy atom. The number of benzene rings is 1. The normalized spacial score (nSPS) is 10.3. The number of carbonyl (C=O) groups is 1. The van der Waals surface area contributed by atoms with Crippen LogP contribution in [0.1, 0.15) is 23.2 Å². The lowest BCUT2D eigenvalue weighted by atomic mass is 10.1. The van der Waals surface area contributed by atoms with E-state index in [1.807, 2.05) is 31.2 Å². The average Bonchev–Trinajstić information content (AvgIpc) is 2.94. The zero-order valence-corrected chi connectivity index (χ0v) is 11.8. The SMILES string of the molecule is Cc1ccc(OCCC(=O)NCc2ccn[nH]2)cc1C. The molecule has 1 heterocycles. The Labute approximate surface area is 118 Å². The van der Waals surface area contributed by atoms with Crippen molar-refractivity contribution in [1.82, 2.24) is 15.5 Å². The van der Waals surface area contributed by atoms with Crippen molar-refractivity contribution in [3.63, 3.8) is 0 Å². The zero-order chi connectivity index (χ0) is 14.4. The van der Waals surface area contributed by atoms with Crippen molar-refractivity contribution in [2.45, 2.75) is 26.8 Å². The lowest BCUT2D eigenvalue weighted by molar-refractivity contribution is -0.121. The van der Waals surface area contributed by atoms with Crippen LogP contribution in [0.3, 0.4) is 0 Å². The van der Waals surface area contributed by atoms with Gasteiger partial charge in [0, 0.05) is 6.20 Å². The molecule has 0 spiro atoms. The van der Waals surface area contributed by atoms with Crippen LogP contribution < -0.4 is 10.1 Å². The van der Waals surface area contributed by atoms with Gasteiger partial charge in [-0.05, 0) is 43.2 Å². The maximum atomic E-state index is 11.6. The molecule has 5 heteroatoms. The Morgan fingerprint density at radius 1 is 1.30 bits per heavy atom. The van der Waals surface area contributed by atoms with Gasteiger partial charge in [-0.1, -0.05) is 6.07 Å². The van der Waals surface area contributed by atoms with E-state index in [4.69, 9.17) is 4.74 Å². The smallest absolute Gasteiger partial charge is 0.223 e. The van der Waals surface area contributed by atoms with E-state index in [2.05, 4.69) is 22.4 Å². The molecule has 0 aliphatic rings. The van der Waals surface area contributed by atoms with Crippen molar-refractivity contribution >= 4 is 5.91 Å². The number of nitrogens with one attached hydrogen (secondary N) is 2. The molecule has 2 rings (SSSR count). The Balaban J connectivity index is 1.69. The number of hydrogen-bond donors (Lipinski definition) is 2. The summed E-state index contributed by atoms with van der Waals surface area (Å²) >= 11 is 0. The predicted molar refractivity (Wildman–Crippen MR) is 76.5 cm³/mol. The first-order chi connectivity index (χ1) is 9.65. The third kappa shape index (κ3) is 4.12. The Kier molecular flexibility index (Phi) is 4.76. The van der Waals surface area contributed by atoms with Gasteiger partial charge in [0.05, 0.1) is 25.3 Å². The third-order valence-electron chi connectivity index (χ3n) is 3.11. The van der Waals surface area contributed by atoms with Crippen LogP contribution in [0.4, 0.5) is 0 Å². The van der Waals surface area contributed by atoms with Gasteiger partial charge in [0.15, 0.2) is 0 Å². The molecule has 106 valence electrons. The van der Waals surface area contributed by atoms with Crippen molar-refractivity contribution in [3.8, 4) is 5.75 Å².